The third-order valence-electron chi connectivity index (χ3n) is 5.73. The van der Waals surface area contributed by atoms with Gasteiger partial charge in [0.15, 0.2) is 0 Å². The van der Waals surface area contributed by atoms with Gasteiger partial charge in [0.05, 0.1) is 13.1 Å². The van der Waals surface area contributed by atoms with Crippen molar-refractivity contribution in [1.29, 1.82) is 0 Å². The first-order valence-corrected chi connectivity index (χ1v) is 11.0. The number of piperidine rings is 1. The molecule has 2 aliphatic rings. The number of hydrogen-bond donors (Lipinski definition) is 1. The van der Waals surface area contributed by atoms with Gasteiger partial charge in [0, 0.05) is 45.3 Å². The molecule has 0 bridgehead atoms. The Morgan fingerprint density at radius 2 is 1.41 bits per heavy atom. The van der Waals surface area contributed by atoms with E-state index in [2.05, 4.69) is 35.9 Å². The first kappa shape index (κ1) is 22.2. The first-order chi connectivity index (χ1) is 12.9. The van der Waals surface area contributed by atoms with Crippen LogP contribution in [0.5, 0.6) is 0 Å². The highest BCUT2D eigenvalue weighted by atomic mass is 16.2. The molecular formula is C21H40N4O2. The van der Waals surface area contributed by atoms with E-state index in [1.54, 1.807) is 0 Å². The summed E-state index contributed by atoms with van der Waals surface area (Å²) in [7, 11) is 0. The maximum Gasteiger partial charge on any atom is 0.236 e. The maximum atomic E-state index is 12.4. The van der Waals surface area contributed by atoms with E-state index in [9.17, 15) is 9.59 Å². The van der Waals surface area contributed by atoms with Crippen LogP contribution in [0, 0.1) is 5.92 Å². The number of piperazine rings is 1. The number of rotatable bonds is 9. The molecule has 27 heavy (non-hydrogen) atoms. The number of amides is 2. The van der Waals surface area contributed by atoms with Crippen molar-refractivity contribution in [2.75, 3.05) is 52.4 Å². The molecule has 1 N–H and O–H groups in total. The van der Waals surface area contributed by atoms with Gasteiger partial charge < -0.3 is 10.2 Å². The molecule has 1 unspecified atom stereocenters. The highest BCUT2D eigenvalue weighted by molar-refractivity contribution is 5.79. The zero-order valence-corrected chi connectivity index (χ0v) is 17.7. The Balaban J connectivity index is 1.59. The smallest absolute Gasteiger partial charge is 0.236 e. The van der Waals surface area contributed by atoms with Crippen LogP contribution < -0.4 is 5.32 Å². The van der Waals surface area contributed by atoms with Gasteiger partial charge in [-0.1, -0.05) is 26.7 Å². The second kappa shape index (κ2) is 11.6. The molecule has 0 aliphatic carbocycles. The van der Waals surface area contributed by atoms with E-state index in [-0.39, 0.29) is 17.9 Å². The van der Waals surface area contributed by atoms with E-state index in [0.717, 1.165) is 64.4 Å². The van der Waals surface area contributed by atoms with Crippen LogP contribution in [0.2, 0.25) is 0 Å². The van der Waals surface area contributed by atoms with Gasteiger partial charge in [0.1, 0.15) is 0 Å². The third-order valence-corrected chi connectivity index (χ3v) is 5.73. The van der Waals surface area contributed by atoms with Crippen LogP contribution in [0.1, 0.15) is 59.3 Å². The highest BCUT2D eigenvalue weighted by Crippen LogP contribution is 2.11. The van der Waals surface area contributed by atoms with E-state index < -0.39 is 0 Å². The lowest BCUT2D eigenvalue weighted by Gasteiger charge is -2.35. The Morgan fingerprint density at radius 3 is 2.00 bits per heavy atom. The quantitative estimate of drug-likeness (QED) is 0.664. The van der Waals surface area contributed by atoms with Crippen LogP contribution in [-0.2, 0) is 9.59 Å². The molecule has 0 aromatic heterocycles. The third kappa shape index (κ3) is 8.60. The second-order valence-corrected chi connectivity index (χ2v) is 8.79. The summed E-state index contributed by atoms with van der Waals surface area (Å²) in [5, 5.41) is 3.13. The number of carbonyl (C=O) groups excluding carboxylic acids is 2. The van der Waals surface area contributed by atoms with Gasteiger partial charge >= 0.3 is 0 Å². The SMILES string of the molecule is CC(C)CCCC(C)NC(=O)CN1CCN(CC(=O)N2CCCCC2)CC1. The summed E-state index contributed by atoms with van der Waals surface area (Å²) in [5.41, 5.74) is 0. The molecule has 2 amide bonds. The van der Waals surface area contributed by atoms with Crippen LogP contribution in [0.4, 0.5) is 0 Å². The van der Waals surface area contributed by atoms with Crippen molar-refractivity contribution in [2.45, 2.75) is 65.3 Å². The lowest BCUT2D eigenvalue weighted by molar-refractivity contribution is -0.134. The minimum absolute atomic E-state index is 0.130. The fourth-order valence-electron chi connectivity index (χ4n) is 3.97. The molecule has 0 aromatic carbocycles. The molecule has 0 saturated carbocycles. The second-order valence-electron chi connectivity index (χ2n) is 8.79. The monoisotopic (exact) mass is 380 g/mol. The van der Waals surface area contributed by atoms with Gasteiger partial charge in [0.25, 0.3) is 0 Å². The van der Waals surface area contributed by atoms with E-state index in [0.29, 0.717) is 13.1 Å². The van der Waals surface area contributed by atoms with Crippen LogP contribution in [0.3, 0.4) is 0 Å². The minimum atomic E-state index is 0.130. The molecule has 2 aliphatic heterocycles. The summed E-state index contributed by atoms with van der Waals surface area (Å²) in [6.45, 7) is 12.9. The number of nitrogens with zero attached hydrogens (tertiary/aromatic N) is 3. The lowest BCUT2D eigenvalue weighted by Crippen LogP contribution is -2.52. The molecule has 2 heterocycles. The summed E-state index contributed by atoms with van der Waals surface area (Å²) >= 11 is 0. The topological polar surface area (TPSA) is 55.9 Å². The number of nitrogens with one attached hydrogen (secondary N) is 1. The molecule has 2 saturated heterocycles. The average molecular weight is 381 g/mol. The van der Waals surface area contributed by atoms with E-state index >= 15 is 0 Å². The number of likely N-dealkylation sites (tertiary alicyclic amines) is 1. The highest BCUT2D eigenvalue weighted by Gasteiger charge is 2.23. The summed E-state index contributed by atoms with van der Waals surface area (Å²) in [4.78, 5) is 31.1. The van der Waals surface area contributed by atoms with Crippen LogP contribution >= 0.6 is 0 Å². The van der Waals surface area contributed by atoms with E-state index in [1.807, 2.05) is 4.90 Å². The van der Waals surface area contributed by atoms with Gasteiger partial charge in [-0.05, 0) is 38.5 Å². The molecule has 2 rings (SSSR count). The zero-order valence-electron chi connectivity index (χ0n) is 17.7. The van der Waals surface area contributed by atoms with Crippen molar-refractivity contribution < 1.29 is 9.59 Å². The average Bonchev–Trinajstić information content (AvgIpc) is 2.63. The Labute approximate surface area is 165 Å². The van der Waals surface area contributed by atoms with Crippen molar-refractivity contribution >= 4 is 11.8 Å². The van der Waals surface area contributed by atoms with Crippen molar-refractivity contribution in [3.05, 3.63) is 0 Å². The lowest BCUT2D eigenvalue weighted by atomic mass is 10.0. The van der Waals surface area contributed by atoms with Gasteiger partial charge in [-0.15, -0.1) is 0 Å². The molecule has 0 aromatic rings. The largest absolute Gasteiger partial charge is 0.353 e. The summed E-state index contributed by atoms with van der Waals surface area (Å²) in [5.74, 6) is 1.13. The normalized spacial score (nSPS) is 20.7. The predicted octanol–water partition coefficient (Wildman–Crippen LogP) is 1.95. The van der Waals surface area contributed by atoms with Crippen LogP contribution in [0.25, 0.3) is 0 Å². The summed E-state index contributed by atoms with van der Waals surface area (Å²) < 4.78 is 0. The fourth-order valence-corrected chi connectivity index (χ4v) is 3.97. The molecule has 1 atom stereocenters. The molecule has 6 nitrogen and oxygen atoms in total. The first-order valence-electron chi connectivity index (χ1n) is 11.0. The molecule has 6 heteroatoms. The van der Waals surface area contributed by atoms with Gasteiger partial charge in [-0.25, -0.2) is 0 Å². The van der Waals surface area contributed by atoms with E-state index in [1.165, 1.54) is 19.3 Å². The molecule has 2 fully saturated rings. The van der Waals surface area contributed by atoms with Gasteiger partial charge in [-0.2, -0.15) is 0 Å². The van der Waals surface area contributed by atoms with Crippen LogP contribution in [-0.4, -0.2) is 84.9 Å². The number of carbonyl (C=O) groups is 2. The van der Waals surface area contributed by atoms with Crippen molar-refractivity contribution in [2.24, 2.45) is 5.92 Å². The maximum absolute atomic E-state index is 12.4. The summed E-state index contributed by atoms with van der Waals surface area (Å²) in [6, 6.07) is 0.250. The Bertz CT molecular complexity index is 455. The Hall–Kier alpha value is -1.14. The zero-order chi connectivity index (χ0) is 19.6. The van der Waals surface area contributed by atoms with Crippen LogP contribution in [0.15, 0.2) is 0 Å². The predicted molar refractivity (Wildman–Crippen MR) is 110 cm³/mol. The fraction of sp³-hybridized carbons (Fsp3) is 0.905. The Kier molecular flexibility index (Phi) is 9.56. The van der Waals surface area contributed by atoms with Crippen molar-refractivity contribution in [3.63, 3.8) is 0 Å². The Morgan fingerprint density at radius 1 is 0.815 bits per heavy atom. The van der Waals surface area contributed by atoms with E-state index in [4.69, 9.17) is 0 Å². The van der Waals surface area contributed by atoms with Gasteiger partial charge in [-0.3, -0.25) is 19.4 Å². The standard InChI is InChI=1S/C21H40N4O2/c1-18(2)8-7-9-19(3)22-20(26)16-23-12-14-24(15-13-23)17-21(27)25-10-5-4-6-11-25/h18-19H,4-17H2,1-3H3,(H,22,26). The summed E-state index contributed by atoms with van der Waals surface area (Å²) in [6.07, 6.45) is 6.98. The van der Waals surface area contributed by atoms with Gasteiger partial charge in [0.2, 0.25) is 11.8 Å². The molecule has 0 spiro atoms. The molecule has 0 radical (unpaired) electrons. The van der Waals surface area contributed by atoms with Crippen molar-refractivity contribution in [3.8, 4) is 0 Å². The van der Waals surface area contributed by atoms with Crippen molar-refractivity contribution in [1.82, 2.24) is 20.0 Å². The molecular weight excluding hydrogens is 340 g/mol. The minimum Gasteiger partial charge on any atom is -0.353 e. The number of hydrogen-bond acceptors (Lipinski definition) is 4. The molecule has 156 valence electrons.